The normalized spacial score (nSPS) is 19.2. The van der Waals surface area contributed by atoms with Crippen LogP contribution in [0.1, 0.15) is 24.5 Å². The highest BCUT2D eigenvalue weighted by molar-refractivity contribution is 9.09. The van der Waals surface area contributed by atoms with Crippen LogP contribution in [0.5, 0.6) is 0 Å². The van der Waals surface area contributed by atoms with Gasteiger partial charge in [0.05, 0.1) is 12.2 Å². The first-order chi connectivity index (χ1) is 8.31. The molecular weight excluding hydrogens is 287 g/mol. The summed E-state index contributed by atoms with van der Waals surface area (Å²) in [6, 6.07) is 6.78. The number of benzene rings is 1. The molecule has 17 heavy (non-hydrogen) atoms. The van der Waals surface area contributed by atoms with Crippen LogP contribution in [0.2, 0.25) is 0 Å². The van der Waals surface area contributed by atoms with Crippen molar-refractivity contribution < 1.29 is 13.9 Å². The predicted octanol–water partition coefficient (Wildman–Crippen LogP) is 3.46. The largest absolute Gasteiger partial charge is 0.381 e. The van der Waals surface area contributed by atoms with Crippen molar-refractivity contribution in [2.75, 3.05) is 18.5 Å². The standard InChI is InChI=1S/C13H16BrFO2/c14-9-13(11-3-1-2-4-12(11)15)17-10-5-7-16-8-6-10/h1-4,10,13H,5-9H2. The molecule has 94 valence electrons. The molecule has 1 aliphatic rings. The van der Waals surface area contributed by atoms with Gasteiger partial charge < -0.3 is 9.47 Å². The molecule has 1 fully saturated rings. The Bertz CT molecular complexity index is 353. The lowest BCUT2D eigenvalue weighted by atomic mass is 10.1. The Morgan fingerprint density at radius 3 is 2.71 bits per heavy atom. The first kappa shape index (κ1) is 13.0. The number of halogens is 2. The van der Waals surface area contributed by atoms with E-state index in [0.717, 1.165) is 26.1 Å². The van der Waals surface area contributed by atoms with Gasteiger partial charge in [0.2, 0.25) is 0 Å². The molecule has 1 atom stereocenters. The van der Waals surface area contributed by atoms with Gasteiger partial charge in [-0.25, -0.2) is 4.39 Å². The fourth-order valence-electron chi connectivity index (χ4n) is 1.97. The van der Waals surface area contributed by atoms with Gasteiger partial charge in [-0.15, -0.1) is 0 Å². The second-order valence-electron chi connectivity index (χ2n) is 4.11. The monoisotopic (exact) mass is 302 g/mol. The van der Waals surface area contributed by atoms with E-state index in [-0.39, 0.29) is 18.0 Å². The van der Waals surface area contributed by atoms with E-state index in [2.05, 4.69) is 15.9 Å². The van der Waals surface area contributed by atoms with Gasteiger partial charge in [-0.2, -0.15) is 0 Å². The molecule has 0 bridgehead atoms. The zero-order valence-corrected chi connectivity index (χ0v) is 11.2. The third-order valence-electron chi connectivity index (χ3n) is 2.92. The SMILES string of the molecule is Fc1ccccc1C(CBr)OC1CCOCC1. The summed E-state index contributed by atoms with van der Waals surface area (Å²) < 4.78 is 24.9. The minimum atomic E-state index is -0.223. The maximum atomic E-state index is 13.7. The third-order valence-corrected chi connectivity index (χ3v) is 3.51. The molecule has 0 aliphatic carbocycles. The Labute approximate surface area is 109 Å². The molecule has 2 rings (SSSR count). The summed E-state index contributed by atoms with van der Waals surface area (Å²) in [6.45, 7) is 1.47. The van der Waals surface area contributed by atoms with Gasteiger partial charge in [0.1, 0.15) is 5.82 Å². The van der Waals surface area contributed by atoms with Crippen molar-refractivity contribution in [2.45, 2.75) is 25.0 Å². The molecule has 0 saturated carbocycles. The number of rotatable bonds is 4. The van der Waals surface area contributed by atoms with Crippen LogP contribution in [0, 0.1) is 5.82 Å². The smallest absolute Gasteiger partial charge is 0.129 e. The first-order valence-corrected chi connectivity index (χ1v) is 6.97. The van der Waals surface area contributed by atoms with Gasteiger partial charge in [-0.3, -0.25) is 0 Å². The topological polar surface area (TPSA) is 18.5 Å². The summed E-state index contributed by atoms with van der Waals surface area (Å²) in [4.78, 5) is 0. The first-order valence-electron chi connectivity index (χ1n) is 5.85. The van der Waals surface area contributed by atoms with E-state index < -0.39 is 0 Å². The summed E-state index contributed by atoms with van der Waals surface area (Å²) in [5.74, 6) is -0.205. The molecule has 0 N–H and O–H groups in total. The van der Waals surface area contributed by atoms with Gasteiger partial charge in [0.15, 0.2) is 0 Å². The van der Waals surface area contributed by atoms with E-state index in [1.807, 2.05) is 6.07 Å². The van der Waals surface area contributed by atoms with Crippen LogP contribution in [-0.4, -0.2) is 24.6 Å². The van der Waals surface area contributed by atoms with E-state index in [9.17, 15) is 4.39 Å². The van der Waals surface area contributed by atoms with E-state index in [0.29, 0.717) is 10.9 Å². The maximum Gasteiger partial charge on any atom is 0.129 e. The van der Waals surface area contributed by atoms with Crippen LogP contribution in [0.4, 0.5) is 4.39 Å². The number of ether oxygens (including phenoxy) is 2. The molecule has 4 heteroatoms. The van der Waals surface area contributed by atoms with Crippen LogP contribution in [0.3, 0.4) is 0 Å². The van der Waals surface area contributed by atoms with Gasteiger partial charge in [-0.1, -0.05) is 34.1 Å². The fourth-order valence-corrected chi connectivity index (χ4v) is 2.47. The van der Waals surface area contributed by atoms with Crippen molar-refractivity contribution in [1.29, 1.82) is 0 Å². The van der Waals surface area contributed by atoms with E-state index >= 15 is 0 Å². The minimum Gasteiger partial charge on any atom is -0.381 e. The Morgan fingerprint density at radius 2 is 2.06 bits per heavy atom. The average Bonchev–Trinajstić information content (AvgIpc) is 2.38. The molecule has 1 heterocycles. The Morgan fingerprint density at radius 1 is 1.35 bits per heavy atom. The fraction of sp³-hybridized carbons (Fsp3) is 0.538. The molecule has 0 aromatic heterocycles. The van der Waals surface area contributed by atoms with Gasteiger partial charge in [0, 0.05) is 24.1 Å². The van der Waals surface area contributed by atoms with Gasteiger partial charge in [-0.05, 0) is 18.9 Å². The summed E-state index contributed by atoms with van der Waals surface area (Å²) in [7, 11) is 0. The summed E-state index contributed by atoms with van der Waals surface area (Å²) >= 11 is 3.39. The molecule has 0 radical (unpaired) electrons. The average molecular weight is 303 g/mol. The molecule has 2 nitrogen and oxygen atoms in total. The zero-order valence-electron chi connectivity index (χ0n) is 9.57. The van der Waals surface area contributed by atoms with Crippen molar-refractivity contribution >= 4 is 15.9 Å². The Kier molecular flexibility index (Phi) is 4.95. The van der Waals surface area contributed by atoms with Crippen LogP contribution < -0.4 is 0 Å². The van der Waals surface area contributed by atoms with E-state index in [1.54, 1.807) is 12.1 Å². The van der Waals surface area contributed by atoms with Crippen LogP contribution in [-0.2, 0) is 9.47 Å². The van der Waals surface area contributed by atoms with Crippen LogP contribution in [0.15, 0.2) is 24.3 Å². The van der Waals surface area contributed by atoms with Gasteiger partial charge in [0.25, 0.3) is 0 Å². The van der Waals surface area contributed by atoms with Crippen LogP contribution in [0.25, 0.3) is 0 Å². The zero-order chi connectivity index (χ0) is 12.1. The molecule has 1 aromatic rings. The molecule has 1 aromatic carbocycles. The molecular formula is C13H16BrFO2. The Balaban J connectivity index is 2.03. The quantitative estimate of drug-likeness (QED) is 0.793. The van der Waals surface area contributed by atoms with Crippen molar-refractivity contribution in [1.82, 2.24) is 0 Å². The lowest BCUT2D eigenvalue weighted by molar-refractivity contribution is -0.0625. The maximum absolute atomic E-state index is 13.7. The molecule has 0 amide bonds. The third kappa shape index (κ3) is 3.50. The molecule has 1 saturated heterocycles. The molecule has 0 spiro atoms. The highest BCUT2D eigenvalue weighted by Gasteiger charge is 2.21. The van der Waals surface area contributed by atoms with Crippen LogP contribution >= 0.6 is 15.9 Å². The predicted molar refractivity (Wildman–Crippen MR) is 67.9 cm³/mol. The number of alkyl halides is 1. The number of hydrogen-bond donors (Lipinski definition) is 0. The molecule has 1 aliphatic heterocycles. The highest BCUT2D eigenvalue weighted by Crippen LogP contribution is 2.26. The second-order valence-corrected chi connectivity index (χ2v) is 4.76. The summed E-state index contributed by atoms with van der Waals surface area (Å²) in [5.41, 5.74) is 0.621. The Hall–Kier alpha value is -0.450. The van der Waals surface area contributed by atoms with Gasteiger partial charge >= 0.3 is 0 Å². The number of hydrogen-bond acceptors (Lipinski definition) is 2. The summed E-state index contributed by atoms with van der Waals surface area (Å²) in [6.07, 6.45) is 1.72. The van der Waals surface area contributed by atoms with E-state index in [4.69, 9.17) is 9.47 Å². The highest BCUT2D eigenvalue weighted by atomic mass is 79.9. The van der Waals surface area contributed by atoms with Crippen molar-refractivity contribution in [3.05, 3.63) is 35.6 Å². The van der Waals surface area contributed by atoms with Crippen molar-refractivity contribution in [3.63, 3.8) is 0 Å². The van der Waals surface area contributed by atoms with E-state index in [1.165, 1.54) is 6.07 Å². The lowest BCUT2D eigenvalue weighted by Gasteiger charge is -2.27. The summed E-state index contributed by atoms with van der Waals surface area (Å²) in [5, 5.41) is 0.602. The second kappa shape index (κ2) is 6.47. The van der Waals surface area contributed by atoms with Crippen molar-refractivity contribution in [2.24, 2.45) is 0 Å². The minimum absolute atomic E-state index is 0.172. The van der Waals surface area contributed by atoms with Crippen molar-refractivity contribution in [3.8, 4) is 0 Å². The lowest BCUT2D eigenvalue weighted by Crippen LogP contribution is -2.26. The molecule has 1 unspecified atom stereocenters.